The number of hydrogen-bond donors (Lipinski definition) is 5. The Morgan fingerprint density at radius 2 is 1.75 bits per heavy atom. The predicted octanol–water partition coefficient (Wildman–Crippen LogP) is -2.13. The standard InChI is InChI=1S/C6H13NO4S/c1-2(8)3(9)4(10)5(12)6(7)11/h2-5,8-10,12H,1H3,(H2,7,11)/t2?,3-,4-,5-/m1/s1. The molecule has 72 valence electrons. The van der Waals surface area contributed by atoms with Gasteiger partial charge in [0, 0.05) is 0 Å². The summed E-state index contributed by atoms with van der Waals surface area (Å²) in [6.07, 6.45) is -4.00. The summed E-state index contributed by atoms with van der Waals surface area (Å²) in [6, 6.07) is 0. The molecule has 0 spiro atoms. The zero-order valence-corrected chi connectivity index (χ0v) is 7.48. The molecule has 0 aromatic carbocycles. The van der Waals surface area contributed by atoms with E-state index in [-0.39, 0.29) is 0 Å². The summed E-state index contributed by atoms with van der Waals surface area (Å²) in [5.41, 5.74) is 4.81. The molecule has 0 fully saturated rings. The highest BCUT2D eigenvalue weighted by atomic mass is 32.1. The van der Waals surface area contributed by atoms with Crippen LogP contribution >= 0.6 is 12.6 Å². The first-order chi connectivity index (χ1) is 5.37. The van der Waals surface area contributed by atoms with Crippen LogP contribution in [0.25, 0.3) is 0 Å². The zero-order chi connectivity index (χ0) is 9.89. The molecule has 1 unspecified atom stereocenters. The highest BCUT2D eigenvalue weighted by molar-refractivity contribution is 7.81. The largest absolute Gasteiger partial charge is 0.391 e. The molecule has 0 aromatic rings. The van der Waals surface area contributed by atoms with Gasteiger partial charge in [0.15, 0.2) is 0 Å². The smallest absolute Gasteiger partial charge is 0.233 e. The summed E-state index contributed by atoms with van der Waals surface area (Å²) in [5.74, 6) is -0.842. The van der Waals surface area contributed by atoms with Gasteiger partial charge in [-0.3, -0.25) is 4.79 Å². The quantitative estimate of drug-likeness (QED) is 0.331. The molecule has 5 N–H and O–H groups in total. The van der Waals surface area contributed by atoms with Crippen LogP contribution in [0, 0.1) is 0 Å². The number of nitrogens with two attached hydrogens (primary N) is 1. The van der Waals surface area contributed by atoms with Crippen molar-refractivity contribution >= 4 is 18.5 Å². The van der Waals surface area contributed by atoms with Crippen molar-refractivity contribution in [3.63, 3.8) is 0 Å². The predicted molar refractivity (Wildman–Crippen MR) is 45.7 cm³/mol. The normalized spacial score (nSPS) is 21.1. The molecule has 0 bridgehead atoms. The SMILES string of the molecule is CC(O)[C@@H](O)[C@@H](O)[C@@H](S)C(N)=O. The van der Waals surface area contributed by atoms with Crippen molar-refractivity contribution in [1.29, 1.82) is 0 Å². The van der Waals surface area contributed by atoms with Crippen molar-refractivity contribution < 1.29 is 20.1 Å². The Bertz CT molecular complexity index is 164. The van der Waals surface area contributed by atoms with Crippen molar-refractivity contribution in [3.8, 4) is 0 Å². The van der Waals surface area contributed by atoms with Crippen molar-refractivity contribution in [2.45, 2.75) is 30.5 Å². The Hall–Kier alpha value is -0.300. The fraction of sp³-hybridized carbons (Fsp3) is 0.833. The summed E-state index contributed by atoms with van der Waals surface area (Å²) in [5, 5.41) is 25.9. The fourth-order valence-electron chi connectivity index (χ4n) is 0.640. The maximum absolute atomic E-state index is 10.5. The lowest BCUT2D eigenvalue weighted by molar-refractivity contribution is -0.122. The first kappa shape index (κ1) is 11.7. The Morgan fingerprint density at radius 3 is 2.00 bits per heavy atom. The minimum atomic E-state index is -1.45. The molecule has 6 heteroatoms. The fourth-order valence-corrected chi connectivity index (χ4v) is 0.817. The number of rotatable bonds is 4. The number of carbonyl (C=O) groups is 1. The van der Waals surface area contributed by atoms with Gasteiger partial charge in [-0.05, 0) is 6.92 Å². The Labute approximate surface area is 75.6 Å². The maximum Gasteiger partial charge on any atom is 0.233 e. The Balaban J connectivity index is 4.18. The lowest BCUT2D eigenvalue weighted by Crippen LogP contribution is -2.46. The van der Waals surface area contributed by atoms with Gasteiger partial charge in [-0.25, -0.2) is 0 Å². The molecular formula is C6H13NO4S. The van der Waals surface area contributed by atoms with E-state index in [0.717, 1.165) is 0 Å². The van der Waals surface area contributed by atoms with E-state index in [1.54, 1.807) is 0 Å². The molecule has 5 nitrogen and oxygen atoms in total. The topological polar surface area (TPSA) is 104 Å². The molecule has 0 saturated heterocycles. The molecule has 0 aliphatic heterocycles. The molecule has 0 saturated carbocycles. The van der Waals surface area contributed by atoms with Crippen molar-refractivity contribution in [2.75, 3.05) is 0 Å². The highest BCUT2D eigenvalue weighted by Gasteiger charge is 2.30. The Kier molecular flexibility index (Phi) is 4.54. The van der Waals surface area contributed by atoms with Crippen LogP contribution in [0.1, 0.15) is 6.92 Å². The average Bonchev–Trinajstić information content (AvgIpc) is 2.00. The number of aliphatic hydroxyl groups is 3. The van der Waals surface area contributed by atoms with Gasteiger partial charge < -0.3 is 21.1 Å². The van der Waals surface area contributed by atoms with Crippen molar-refractivity contribution in [1.82, 2.24) is 0 Å². The third-order valence-electron chi connectivity index (χ3n) is 1.46. The van der Waals surface area contributed by atoms with Gasteiger partial charge in [0.1, 0.15) is 17.5 Å². The molecular weight excluding hydrogens is 182 g/mol. The van der Waals surface area contributed by atoms with Gasteiger partial charge in [0.2, 0.25) is 5.91 Å². The van der Waals surface area contributed by atoms with Gasteiger partial charge in [-0.2, -0.15) is 12.6 Å². The number of aliphatic hydroxyl groups excluding tert-OH is 3. The van der Waals surface area contributed by atoms with Crippen LogP contribution in [-0.2, 0) is 4.79 Å². The molecule has 0 heterocycles. The zero-order valence-electron chi connectivity index (χ0n) is 6.58. The maximum atomic E-state index is 10.5. The molecule has 0 aromatic heterocycles. The molecule has 0 radical (unpaired) electrons. The lowest BCUT2D eigenvalue weighted by atomic mass is 10.1. The summed E-state index contributed by atoms with van der Waals surface area (Å²) in [6.45, 7) is 1.29. The summed E-state index contributed by atoms with van der Waals surface area (Å²) in [7, 11) is 0. The summed E-state index contributed by atoms with van der Waals surface area (Å²) in [4.78, 5) is 10.5. The van der Waals surface area contributed by atoms with Gasteiger partial charge in [-0.15, -0.1) is 0 Å². The van der Waals surface area contributed by atoms with Gasteiger partial charge in [-0.1, -0.05) is 0 Å². The number of primary amides is 1. The van der Waals surface area contributed by atoms with E-state index in [9.17, 15) is 4.79 Å². The van der Waals surface area contributed by atoms with E-state index in [1.165, 1.54) is 6.92 Å². The van der Waals surface area contributed by atoms with E-state index < -0.39 is 29.5 Å². The number of amides is 1. The monoisotopic (exact) mass is 195 g/mol. The van der Waals surface area contributed by atoms with Crippen LogP contribution in [0.15, 0.2) is 0 Å². The van der Waals surface area contributed by atoms with E-state index in [1.807, 2.05) is 0 Å². The van der Waals surface area contributed by atoms with Gasteiger partial charge >= 0.3 is 0 Å². The van der Waals surface area contributed by atoms with Gasteiger partial charge in [0.05, 0.1) is 6.10 Å². The van der Waals surface area contributed by atoms with Crippen LogP contribution in [0.2, 0.25) is 0 Å². The van der Waals surface area contributed by atoms with Gasteiger partial charge in [0.25, 0.3) is 0 Å². The van der Waals surface area contributed by atoms with Crippen molar-refractivity contribution in [2.24, 2.45) is 5.73 Å². The molecule has 0 aliphatic carbocycles. The minimum Gasteiger partial charge on any atom is -0.391 e. The van der Waals surface area contributed by atoms with Crippen LogP contribution in [0.5, 0.6) is 0 Å². The number of carbonyl (C=O) groups excluding carboxylic acids is 1. The number of thiol groups is 1. The van der Waals surface area contributed by atoms with Crippen LogP contribution in [0.3, 0.4) is 0 Å². The van der Waals surface area contributed by atoms with Crippen LogP contribution < -0.4 is 5.73 Å². The van der Waals surface area contributed by atoms with Crippen LogP contribution in [-0.4, -0.2) is 44.8 Å². The highest BCUT2D eigenvalue weighted by Crippen LogP contribution is 2.09. The van der Waals surface area contributed by atoms with E-state index in [0.29, 0.717) is 0 Å². The average molecular weight is 195 g/mol. The second-order valence-electron chi connectivity index (χ2n) is 2.57. The molecule has 12 heavy (non-hydrogen) atoms. The minimum absolute atomic E-state index is 0.842. The molecule has 1 amide bonds. The van der Waals surface area contributed by atoms with Crippen LogP contribution in [0.4, 0.5) is 0 Å². The molecule has 4 atom stereocenters. The van der Waals surface area contributed by atoms with E-state index in [4.69, 9.17) is 21.1 Å². The number of hydrogen-bond acceptors (Lipinski definition) is 5. The second kappa shape index (κ2) is 4.66. The second-order valence-corrected chi connectivity index (χ2v) is 3.13. The Morgan fingerprint density at radius 1 is 1.33 bits per heavy atom. The van der Waals surface area contributed by atoms with E-state index >= 15 is 0 Å². The van der Waals surface area contributed by atoms with E-state index in [2.05, 4.69) is 12.6 Å². The third-order valence-corrected chi connectivity index (χ3v) is 2.02. The third kappa shape index (κ3) is 2.98. The first-order valence-corrected chi connectivity index (χ1v) is 3.91. The molecule has 0 rings (SSSR count). The van der Waals surface area contributed by atoms with Crippen molar-refractivity contribution in [3.05, 3.63) is 0 Å². The molecule has 0 aliphatic rings. The first-order valence-electron chi connectivity index (χ1n) is 3.39. The lowest BCUT2D eigenvalue weighted by Gasteiger charge is -2.22. The summed E-state index contributed by atoms with van der Waals surface area (Å²) < 4.78 is 0. The summed E-state index contributed by atoms with van der Waals surface area (Å²) >= 11 is 3.66.